The zero-order valence-electron chi connectivity index (χ0n) is 15.0. The molecule has 0 bridgehead atoms. The van der Waals surface area contributed by atoms with E-state index in [1.165, 1.54) is 11.1 Å². The van der Waals surface area contributed by atoms with Crippen molar-refractivity contribution in [3.8, 4) is 0 Å². The lowest BCUT2D eigenvalue weighted by Gasteiger charge is -2.21. The van der Waals surface area contributed by atoms with Crippen LogP contribution in [0.4, 0.5) is 0 Å². The molecule has 1 aliphatic rings. The van der Waals surface area contributed by atoms with E-state index in [2.05, 4.69) is 36.2 Å². The number of benzene rings is 2. The van der Waals surface area contributed by atoms with Crippen LogP contribution in [0.1, 0.15) is 22.8 Å². The zero-order valence-corrected chi connectivity index (χ0v) is 15.8. The Hall–Kier alpha value is -2.27. The van der Waals surface area contributed by atoms with Gasteiger partial charge in [-0.05, 0) is 36.6 Å². The molecule has 0 radical (unpaired) electrons. The number of carbonyl (C=O) groups is 1. The van der Waals surface area contributed by atoms with Crippen LogP contribution in [0, 0.1) is 6.92 Å². The summed E-state index contributed by atoms with van der Waals surface area (Å²) in [7, 11) is 0. The number of aromatic nitrogens is 2. The van der Waals surface area contributed by atoms with E-state index >= 15 is 0 Å². The van der Waals surface area contributed by atoms with Crippen molar-refractivity contribution in [2.75, 3.05) is 18.8 Å². The molecule has 2 heterocycles. The molecule has 0 spiro atoms. The van der Waals surface area contributed by atoms with E-state index in [4.69, 9.17) is 0 Å². The second-order valence-corrected chi connectivity index (χ2v) is 8.06. The number of amides is 1. The fraction of sp³-hybridized carbons (Fsp3) is 0.333. The highest BCUT2D eigenvalue weighted by Gasteiger charge is 2.23. The molecular formula is C21H23N3OS. The standard InChI is InChI=1S/C21H23N3OS/c1-16-6-2-3-7-17(16)20-10-11-23(12-13-26-20)21(25)14-24-15-22-18-8-4-5-9-19(18)24/h2-9,15,20H,10-14H2,1H3/t20-/m1/s1. The van der Waals surface area contributed by atoms with E-state index in [1.54, 1.807) is 6.33 Å². The molecule has 3 aromatic rings. The lowest BCUT2D eigenvalue weighted by atomic mass is 10.0. The number of rotatable bonds is 3. The number of hydrogen-bond acceptors (Lipinski definition) is 3. The Bertz CT molecular complexity index is 920. The smallest absolute Gasteiger partial charge is 0.242 e. The molecule has 134 valence electrons. The van der Waals surface area contributed by atoms with Crippen molar-refractivity contribution in [1.82, 2.24) is 14.5 Å². The molecule has 1 aliphatic heterocycles. The zero-order chi connectivity index (χ0) is 17.9. The van der Waals surface area contributed by atoms with Gasteiger partial charge in [-0.1, -0.05) is 36.4 Å². The summed E-state index contributed by atoms with van der Waals surface area (Å²) in [5.74, 6) is 1.16. The predicted molar refractivity (Wildman–Crippen MR) is 107 cm³/mol. The second-order valence-electron chi connectivity index (χ2n) is 6.75. The van der Waals surface area contributed by atoms with Gasteiger partial charge in [0, 0.05) is 24.1 Å². The first-order chi connectivity index (χ1) is 12.7. The summed E-state index contributed by atoms with van der Waals surface area (Å²) in [5, 5.41) is 0.475. The average Bonchev–Trinajstić information content (AvgIpc) is 2.90. The van der Waals surface area contributed by atoms with Gasteiger partial charge in [-0.15, -0.1) is 0 Å². The van der Waals surface area contributed by atoms with Crippen LogP contribution in [-0.2, 0) is 11.3 Å². The number of carbonyl (C=O) groups excluding carboxylic acids is 1. The molecule has 0 unspecified atom stereocenters. The first-order valence-corrected chi connectivity index (χ1v) is 10.1. The summed E-state index contributed by atoms with van der Waals surface area (Å²) in [6.07, 6.45) is 2.78. The topological polar surface area (TPSA) is 38.1 Å². The van der Waals surface area contributed by atoms with Crippen LogP contribution in [0.15, 0.2) is 54.9 Å². The van der Waals surface area contributed by atoms with Crippen LogP contribution in [0.5, 0.6) is 0 Å². The molecule has 5 heteroatoms. The number of para-hydroxylation sites is 2. The Labute approximate surface area is 158 Å². The Balaban J connectivity index is 1.44. The summed E-state index contributed by atoms with van der Waals surface area (Å²) in [6, 6.07) is 16.6. The molecule has 2 aromatic carbocycles. The molecule has 4 rings (SSSR count). The van der Waals surface area contributed by atoms with Gasteiger partial charge in [0.15, 0.2) is 0 Å². The van der Waals surface area contributed by atoms with E-state index in [0.717, 1.165) is 36.3 Å². The predicted octanol–water partition coefficient (Wildman–Crippen LogP) is 4.05. The molecule has 1 fully saturated rings. The molecule has 0 saturated carbocycles. The second kappa shape index (κ2) is 7.54. The number of imidazole rings is 1. The molecule has 26 heavy (non-hydrogen) atoms. The Morgan fingerprint density at radius 3 is 2.85 bits per heavy atom. The lowest BCUT2D eigenvalue weighted by Crippen LogP contribution is -2.35. The fourth-order valence-corrected chi connectivity index (χ4v) is 4.92. The van der Waals surface area contributed by atoms with E-state index in [9.17, 15) is 4.79 Å². The van der Waals surface area contributed by atoms with Crippen LogP contribution < -0.4 is 0 Å². The highest BCUT2D eigenvalue weighted by Crippen LogP contribution is 2.35. The van der Waals surface area contributed by atoms with Gasteiger partial charge >= 0.3 is 0 Å². The van der Waals surface area contributed by atoms with E-state index in [-0.39, 0.29) is 5.91 Å². The Morgan fingerprint density at radius 1 is 1.15 bits per heavy atom. The van der Waals surface area contributed by atoms with Crippen molar-refractivity contribution < 1.29 is 4.79 Å². The van der Waals surface area contributed by atoms with Crippen LogP contribution >= 0.6 is 11.8 Å². The van der Waals surface area contributed by atoms with Gasteiger partial charge in [-0.25, -0.2) is 4.98 Å². The molecule has 0 aliphatic carbocycles. The minimum Gasteiger partial charge on any atom is -0.340 e. The minimum absolute atomic E-state index is 0.180. The minimum atomic E-state index is 0.180. The van der Waals surface area contributed by atoms with Crippen LogP contribution in [-0.4, -0.2) is 39.2 Å². The van der Waals surface area contributed by atoms with Crippen LogP contribution in [0.25, 0.3) is 11.0 Å². The van der Waals surface area contributed by atoms with Crippen molar-refractivity contribution >= 4 is 28.7 Å². The van der Waals surface area contributed by atoms with Gasteiger partial charge in [-0.3, -0.25) is 4.79 Å². The monoisotopic (exact) mass is 365 g/mol. The van der Waals surface area contributed by atoms with Gasteiger partial charge in [0.2, 0.25) is 5.91 Å². The molecular weight excluding hydrogens is 342 g/mol. The third kappa shape index (κ3) is 3.49. The summed E-state index contributed by atoms with van der Waals surface area (Å²) in [6.45, 7) is 4.17. The molecule has 1 aromatic heterocycles. The van der Waals surface area contributed by atoms with Gasteiger partial charge in [-0.2, -0.15) is 11.8 Å². The maximum atomic E-state index is 12.8. The summed E-state index contributed by atoms with van der Waals surface area (Å²) in [5.41, 5.74) is 4.70. The quantitative estimate of drug-likeness (QED) is 0.703. The SMILES string of the molecule is Cc1ccccc1[C@H]1CCN(C(=O)Cn2cnc3ccccc32)CCS1. The van der Waals surface area contributed by atoms with Crippen LogP contribution in [0.3, 0.4) is 0 Å². The van der Waals surface area contributed by atoms with Crippen LogP contribution in [0.2, 0.25) is 0 Å². The summed E-state index contributed by atoms with van der Waals surface area (Å²) >= 11 is 1.97. The number of fused-ring (bicyclic) bond motifs is 1. The van der Waals surface area contributed by atoms with E-state index in [0.29, 0.717) is 11.8 Å². The highest BCUT2D eigenvalue weighted by atomic mass is 32.2. The first kappa shape index (κ1) is 17.2. The fourth-order valence-electron chi connectivity index (χ4n) is 3.60. The van der Waals surface area contributed by atoms with E-state index in [1.807, 2.05) is 45.5 Å². The molecule has 1 saturated heterocycles. The Kier molecular flexibility index (Phi) is 4.98. The molecule has 0 N–H and O–H groups in total. The van der Waals surface area contributed by atoms with Crippen molar-refractivity contribution in [3.63, 3.8) is 0 Å². The largest absolute Gasteiger partial charge is 0.340 e. The third-order valence-corrected chi connectivity index (χ3v) is 6.37. The van der Waals surface area contributed by atoms with Crippen molar-refractivity contribution in [2.45, 2.75) is 25.1 Å². The first-order valence-electron chi connectivity index (χ1n) is 9.07. The van der Waals surface area contributed by atoms with E-state index < -0.39 is 0 Å². The van der Waals surface area contributed by atoms with Gasteiger partial charge in [0.05, 0.1) is 17.4 Å². The van der Waals surface area contributed by atoms with Crippen molar-refractivity contribution in [3.05, 3.63) is 66.0 Å². The number of nitrogens with zero attached hydrogens (tertiary/aromatic N) is 3. The number of aryl methyl sites for hydroxylation is 1. The van der Waals surface area contributed by atoms with Gasteiger partial charge in [0.1, 0.15) is 6.54 Å². The molecule has 4 nitrogen and oxygen atoms in total. The Morgan fingerprint density at radius 2 is 1.96 bits per heavy atom. The molecule has 1 amide bonds. The summed E-state index contributed by atoms with van der Waals surface area (Å²) < 4.78 is 1.95. The van der Waals surface area contributed by atoms with Crippen molar-refractivity contribution in [1.29, 1.82) is 0 Å². The number of thioether (sulfide) groups is 1. The third-order valence-electron chi connectivity index (χ3n) is 5.06. The highest BCUT2D eigenvalue weighted by molar-refractivity contribution is 7.99. The maximum Gasteiger partial charge on any atom is 0.242 e. The summed E-state index contributed by atoms with van der Waals surface area (Å²) in [4.78, 5) is 19.2. The lowest BCUT2D eigenvalue weighted by molar-refractivity contribution is -0.131. The maximum absolute atomic E-state index is 12.8. The average molecular weight is 366 g/mol. The normalized spacial score (nSPS) is 18.0. The van der Waals surface area contributed by atoms with Gasteiger partial charge in [0.25, 0.3) is 0 Å². The molecule has 1 atom stereocenters. The van der Waals surface area contributed by atoms with Crippen molar-refractivity contribution in [2.24, 2.45) is 0 Å². The number of hydrogen-bond donors (Lipinski definition) is 0. The van der Waals surface area contributed by atoms with Gasteiger partial charge < -0.3 is 9.47 Å².